The average Bonchev–Trinajstić information content (AvgIpc) is 3.40. The quantitative estimate of drug-likeness (QED) is 0.558. The van der Waals surface area contributed by atoms with E-state index in [2.05, 4.69) is 4.98 Å². The molecule has 0 saturated heterocycles. The van der Waals surface area contributed by atoms with Gasteiger partial charge in [-0.2, -0.15) is 13.2 Å². The zero-order valence-electron chi connectivity index (χ0n) is 15.5. The van der Waals surface area contributed by atoms with Gasteiger partial charge in [0, 0.05) is 17.1 Å². The Hall–Kier alpha value is -3.16. The predicted molar refractivity (Wildman–Crippen MR) is 99.7 cm³/mol. The highest BCUT2D eigenvalue weighted by Crippen LogP contribution is 2.45. The van der Waals surface area contributed by atoms with Crippen molar-refractivity contribution in [2.75, 3.05) is 6.61 Å². The van der Waals surface area contributed by atoms with Crippen molar-refractivity contribution in [3.05, 3.63) is 53.2 Å². The summed E-state index contributed by atoms with van der Waals surface area (Å²) in [6, 6.07) is 7.23. The second kappa shape index (κ2) is 7.02. The first-order valence-electron chi connectivity index (χ1n) is 9.07. The van der Waals surface area contributed by atoms with Gasteiger partial charge in [-0.15, -0.1) is 0 Å². The minimum Gasteiger partial charge on any atom is -0.482 e. The molecule has 0 amide bonds. The van der Waals surface area contributed by atoms with Crippen LogP contribution in [0.4, 0.5) is 13.2 Å². The summed E-state index contributed by atoms with van der Waals surface area (Å²) in [5.74, 6) is -1.00. The van der Waals surface area contributed by atoms with Crippen LogP contribution in [0.1, 0.15) is 35.4 Å². The lowest BCUT2D eigenvalue weighted by Crippen LogP contribution is -2.12. The van der Waals surface area contributed by atoms with Crippen LogP contribution in [0.3, 0.4) is 0 Å². The molecule has 1 heterocycles. The van der Waals surface area contributed by atoms with Crippen molar-refractivity contribution >= 4 is 16.9 Å². The molecule has 0 atom stereocenters. The summed E-state index contributed by atoms with van der Waals surface area (Å²) in [4.78, 5) is 13.8. The van der Waals surface area contributed by atoms with Gasteiger partial charge in [-0.25, -0.2) is 4.79 Å². The molecule has 5 nitrogen and oxygen atoms in total. The number of hydrogen-bond acceptors (Lipinski definition) is 3. The Labute approximate surface area is 164 Å². The molecule has 1 aliphatic carbocycles. The fourth-order valence-electron chi connectivity index (χ4n) is 3.35. The van der Waals surface area contributed by atoms with Gasteiger partial charge in [0.2, 0.25) is 0 Å². The standard InChI is InChI=1S/C21H18F3NO4/c1-11-6-14(28-10-19(26)27)8-17(21(22,23)24)20(11)29-13-4-5-18-15(7-13)16(9-25-18)12-2-3-12/h4-9,12,25H,2-3,10H2,1H3,(H,26,27). The van der Waals surface area contributed by atoms with Crippen LogP contribution in [0.15, 0.2) is 36.5 Å². The number of hydrogen-bond donors (Lipinski definition) is 2. The first-order chi connectivity index (χ1) is 13.7. The van der Waals surface area contributed by atoms with Gasteiger partial charge in [0.25, 0.3) is 0 Å². The molecule has 0 radical (unpaired) electrons. The number of carbonyl (C=O) groups is 1. The maximum Gasteiger partial charge on any atom is 0.420 e. The highest BCUT2D eigenvalue weighted by atomic mass is 19.4. The lowest BCUT2D eigenvalue weighted by atomic mass is 10.1. The van der Waals surface area contributed by atoms with Crippen LogP contribution in [0.2, 0.25) is 0 Å². The third-order valence-electron chi connectivity index (χ3n) is 4.84. The molecule has 29 heavy (non-hydrogen) atoms. The van der Waals surface area contributed by atoms with E-state index >= 15 is 0 Å². The molecule has 0 bridgehead atoms. The molecule has 4 rings (SSSR count). The number of carboxylic acid groups (broad SMARTS) is 1. The van der Waals surface area contributed by atoms with Crippen molar-refractivity contribution in [3.8, 4) is 17.2 Å². The van der Waals surface area contributed by atoms with Gasteiger partial charge in [-0.05, 0) is 67.1 Å². The number of carboxylic acids is 1. The zero-order valence-corrected chi connectivity index (χ0v) is 15.5. The maximum absolute atomic E-state index is 13.6. The molecule has 0 aliphatic heterocycles. The summed E-state index contributed by atoms with van der Waals surface area (Å²) in [5.41, 5.74) is 1.23. The summed E-state index contributed by atoms with van der Waals surface area (Å²) in [7, 11) is 0. The molecule has 2 N–H and O–H groups in total. The van der Waals surface area contributed by atoms with Gasteiger partial charge < -0.3 is 19.6 Å². The molecule has 0 unspecified atom stereocenters. The number of aromatic nitrogens is 1. The van der Waals surface area contributed by atoms with Crippen molar-refractivity contribution in [2.24, 2.45) is 0 Å². The number of aliphatic carboxylic acids is 1. The number of halogens is 3. The lowest BCUT2D eigenvalue weighted by Gasteiger charge is -2.18. The molecule has 152 valence electrons. The topological polar surface area (TPSA) is 71.6 Å². The highest BCUT2D eigenvalue weighted by molar-refractivity contribution is 5.85. The van der Waals surface area contributed by atoms with E-state index < -0.39 is 24.3 Å². The molecule has 1 aliphatic rings. The molecular formula is C21H18F3NO4. The summed E-state index contributed by atoms with van der Waals surface area (Å²) in [6.45, 7) is 0.730. The van der Waals surface area contributed by atoms with Crippen molar-refractivity contribution in [1.82, 2.24) is 4.98 Å². The Balaban J connectivity index is 1.71. The lowest BCUT2D eigenvalue weighted by molar-refractivity contribution is -0.139. The molecule has 0 spiro atoms. The molecule has 3 aromatic rings. The molecular weight excluding hydrogens is 387 g/mol. The number of aromatic amines is 1. The number of aryl methyl sites for hydroxylation is 1. The summed E-state index contributed by atoms with van der Waals surface area (Å²) < 4.78 is 51.5. The van der Waals surface area contributed by atoms with Gasteiger partial charge in [0.15, 0.2) is 6.61 Å². The highest BCUT2D eigenvalue weighted by Gasteiger charge is 2.36. The summed E-state index contributed by atoms with van der Waals surface area (Å²) in [6.07, 6.45) is -0.548. The number of H-pyrrole nitrogens is 1. The van der Waals surface area contributed by atoms with Crippen molar-refractivity contribution in [3.63, 3.8) is 0 Å². The SMILES string of the molecule is Cc1cc(OCC(=O)O)cc(C(F)(F)F)c1Oc1ccc2[nH]cc(C3CC3)c2c1. The number of ether oxygens (including phenoxy) is 2. The van der Waals surface area contributed by atoms with E-state index in [9.17, 15) is 18.0 Å². The van der Waals surface area contributed by atoms with Gasteiger partial charge in [0.05, 0.1) is 0 Å². The maximum atomic E-state index is 13.6. The predicted octanol–water partition coefficient (Wildman–Crippen LogP) is 5.63. The minimum atomic E-state index is -4.69. The van der Waals surface area contributed by atoms with Crippen LogP contribution in [-0.2, 0) is 11.0 Å². The average molecular weight is 405 g/mol. The van der Waals surface area contributed by atoms with Crippen molar-refractivity contribution < 1.29 is 32.5 Å². The number of fused-ring (bicyclic) bond motifs is 1. The van der Waals surface area contributed by atoms with E-state index in [-0.39, 0.29) is 17.1 Å². The number of rotatable bonds is 6. The zero-order chi connectivity index (χ0) is 20.8. The van der Waals surface area contributed by atoms with Gasteiger partial charge in [-0.3, -0.25) is 0 Å². The number of alkyl halides is 3. The van der Waals surface area contributed by atoms with Crippen molar-refractivity contribution in [2.45, 2.75) is 31.9 Å². The Bertz CT molecular complexity index is 1080. The summed E-state index contributed by atoms with van der Waals surface area (Å²) in [5, 5.41) is 9.63. The largest absolute Gasteiger partial charge is 0.482 e. The summed E-state index contributed by atoms with van der Waals surface area (Å²) >= 11 is 0. The van der Waals surface area contributed by atoms with E-state index in [4.69, 9.17) is 14.6 Å². The third-order valence-corrected chi connectivity index (χ3v) is 4.84. The van der Waals surface area contributed by atoms with Crippen LogP contribution >= 0.6 is 0 Å². The van der Waals surface area contributed by atoms with E-state index in [1.165, 1.54) is 13.0 Å². The van der Waals surface area contributed by atoms with E-state index in [1.54, 1.807) is 18.2 Å². The van der Waals surface area contributed by atoms with Gasteiger partial charge in [-0.1, -0.05) is 0 Å². The number of benzene rings is 2. The molecule has 1 aromatic heterocycles. The number of nitrogens with one attached hydrogen (secondary N) is 1. The fraction of sp³-hybridized carbons (Fsp3) is 0.286. The molecule has 2 aromatic carbocycles. The Morgan fingerprint density at radius 1 is 1.21 bits per heavy atom. The smallest absolute Gasteiger partial charge is 0.420 e. The van der Waals surface area contributed by atoms with Crippen LogP contribution in [0, 0.1) is 6.92 Å². The first kappa shape index (κ1) is 19.2. The molecule has 1 fully saturated rings. The van der Waals surface area contributed by atoms with Gasteiger partial charge in [0.1, 0.15) is 22.8 Å². The third kappa shape index (κ3) is 4.01. The molecule has 1 saturated carbocycles. The van der Waals surface area contributed by atoms with Gasteiger partial charge >= 0.3 is 12.1 Å². The Morgan fingerprint density at radius 3 is 2.62 bits per heavy atom. The Kier molecular flexibility index (Phi) is 4.64. The van der Waals surface area contributed by atoms with E-state index in [1.807, 2.05) is 6.20 Å². The molecule has 8 heteroatoms. The monoisotopic (exact) mass is 405 g/mol. The van der Waals surface area contributed by atoms with Crippen LogP contribution in [0.5, 0.6) is 17.2 Å². The fourth-order valence-corrected chi connectivity index (χ4v) is 3.35. The minimum absolute atomic E-state index is 0.179. The van der Waals surface area contributed by atoms with E-state index in [0.717, 1.165) is 35.4 Å². The van der Waals surface area contributed by atoms with Crippen molar-refractivity contribution in [1.29, 1.82) is 0 Å². The Morgan fingerprint density at radius 2 is 1.97 bits per heavy atom. The van der Waals surface area contributed by atoms with Crippen LogP contribution in [0.25, 0.3) is 10.9 Å². The van der Waals surface area contributed by atoms with Crippen LogP contribution in [-0.4, -0.2) is 22.7 Å². The van der Waals surface area contributed by atoms with Crippen LogP contribution < -0.4 is 9.47 Å². The van der Waals surface area contributed by atoms with E-state index in [0.29, 0.717) is 11.7 Å². The second-order valence-electron chi connectivity index (χ2n) is 7.12. The normalized spacial score (nSPS) is 14.2. The first-order valence-corrected chi connectivity index (χ1v) is 9.07. The second-order valence-corrected chi connectivity index (χ2v) is 7.12.